The Hall–Kier alpha value is -1.52. The van der Waals surface area contributed by atoms with Gasteiger partial charge in [-0.1, -0.05) is 45.7 Å². The maximum atomic E-state index is 12.3. The van der Waals surface area contributed by atoms with Crippen LogP contribution < -0.4 is 10.1 Å². The van der Waals surface area contributed by atoms with E-state index in [0.29, 0.717) is 21.7 Å². The molecule has 0 radical (unpaired) electrons. The molecule has 0 atom stereocenters. The Kier molecular flexibility index (Phi) is 5.04. The Bertz CT molecular complexity index is 631. The van der Waals surface area contributed by atoms with Crippen molar-refractivity contribution in [3.05, 3.63) is 58.6 Å². The lowest BCUT2D eigenvalue weighted by molar-refractivity contribution is 0.102. The van der Waals surface area contributed by atoms with E-state index in [1.807, 2.05) is 24.3 Å². The number of hydrogen-bond acceptors (Lipinski definition) is 2. The monoisotopic (exact) mass is 353 g/mol. The Morgan fingerprint density at radius 1 is 1.30 bits per heavy atom. The number of alkyl halides is 1. The van der Waals surface area contributed by atoms with Crippen LogP contribution in [0.4, 0.5) is 5.69 Å². The van der Waals surface area contributed by atoms with Crippen molar-refractivity contribution < 1.29 is 9.53 Å². The molecule has 0 aromatic heterocycles. The van der Waals surface area contributed by atoms with Crippen molar-refractivity contribution in [1.29, 1.82) is 0 Å². The minimum absolute atomic E-state index is 0.252. The minimum atomic E-state index is -0.252. The molecular weight excluding hydrogens is 342 g/mol. The lowest BCUT2D eigenvalue weighted by Gasteiger charge is -2.12. The third-order valence-electron chi connectivity index (χ3n) is 2.82. The molecule has 0 unspecified atom stereocenters. The van der Waals surface area contributed by atoms with E-state index in [4.69, 9.17) is 16.3 Å². The molecule has 0 saturated heterocycles. The fraction of sp³-hybridized carbons (Fsp3) is 0.133. The van der Waals surface area contributed by atoms with Crippen LogP contribution in [0.3, 0.4) is 0 Å². The van der Waals surface area contributed by atoms with Crippen molar-refractivity contribution in [2.45, 2.75) is 5.33 Å². The number of anilines is 1. The summed E-state index contributed by atoms with van der Waals surface area (Å²) < 4.78 is 5.19. The largest absolute Gasteiger partial charge is 0.496 e. The van der Waals surface area contributed by atoms with Crippen LogP contribution in [0.15, 0.2) is 42.5 Å². The molecular formula is C15H13BrClNO2. The van der Waals surface area contributed by atoms with Gasteiger partial charge in [-0.25, -0.2) is 0 Å². The van der Waals surface area contributed by atoms with Gasteiger partial charge in [-0.05, 0) is 29.8 Å². The van der Waals surface area contributed by atoms with Crippen LogP contribution in [0.25, 0.3) is 0 Å². The van der Waals surface area contributed by atoms with Gasteiger partial charge < -0.3 is 10.1 Å². The van der Waals surface area contributed by atoms with Crippen LogP contribution in [0, 0.1) is 0 Å². The molecule has 5 heteroatoms. The Morgan fingerprint density at radius 3 is 2.75 bits per heavy atom. The van der Waals surface area contributed by atoms with E-state index in [-0.39, 0.29) is 5.91 Å². The quantitative estimate of drug-likeness (QED) is 0.821. The molecule has 2 aromatic carbocycles. The molecule has 1 N–H and O–H groups in total. The molecule has 0 saturated carbocycles. The van der Waals surface area contributed by atoms with Gasteiger partial charge in [0.25, 0.3) is 5.91 Å². The Labute approximate surface area is 131 Å². The van der Waals surface area contributed by atoms with E-state index in [9.17, 15) is 4.79 Å². The van der Waals surface area contributed by atoms with Gasteiger partial charge in [0.2, 0.25) is 0 Å². The molecule has 20 heavy (non-hydrogen) atoms. The SMILES string of the molecule is COc1ccc(Cl)cc1C(=O)Nc1ccccc1CBr. The summed E-state index contributed by atoms with van der Waals surface area (Å²) in [7, 11) is 1.52. The van der Waals surface area contributed by atoms with Crippen LogP contribution in [-0.4, -0.2) is 13.0 Å². The van der Waals surface area contributed by atoms with Crippen molar-refractivity contribution in [3.8, 4) is 5.75 Å². The van der Waals surface area contributed by atoms with E-state index < -0.39 is 0 Å². The highest BCUT2D eigenvalue weighted by Gasteiger charge is 2.14. The number of carbonyl (C=O) groups excluding carboxylic acids is 1. The topological polar surface area (TPSA) is 38.3 Å². The van der Waals surface area contributed by atoms with Gasteiger partial charge in [-0.3, -0.25) is 4.79 Å². The second-order valence-electron chi connectivity index (χ2n) is 4.09. The minimum Gasteiger partial charge on any atom is -0.496 e. The smallest absolute Gasteiger partial charge is 0.259 e. The van der Waals surface area contributed by atoms with Gasteiger partial charge >= 0.3 is 0 Å². The molecule has 0 heterocycles. The highest BCUT2D eigenvalue weighted by molar-refractivity contribution is 9.08. The summed E-state index contributed by atoms with van der Waals surface area (Å²) in [5.74, 6) is 0.237. The number of hydrogen-bond donors (Lipinski definition) is 1. The van der Waals surface area contributed by atoms with Gasteiger partial charge in [0, 0.05) is 16.0 Å². The predicted octanol–water partition coefficient (Wildman–Crippen LogP) is 4.50. The van der Waals surface area contributed by atoms with E-state index in [1.165, 1.54) is 7.11 Å². The summed E-state index contributed by atoms with van der Waals surface area (Å²) in [4.78, 5) is 12.3. The van der Waals surface area contributed by atoms with Gasteiger partial charge in [-0.2, -0.15) is 0 Å². The number of carbonyl (C=O) groups is 1. The number of amides is 1. The lowest BCUT2D eigenvalue weighted by Crippen LogP contribution is -2.14. The zero-order chi connectivity index (χ0) is 14.5. The molecule has 104 valence electrons. The number of ether oxygens (including phenoxy) is 1. The fourth-order valence-corrected chi connectivity index (χ4v) is 2.47. The highest BCUT2D eigenvalue weighted by atomic mass is 79.9. The van der Waals surface area contributed by atoms with Crippen LogP contribution >= 0.6 is 27.5 Å². The van der Waals surface area contributed by atoms with Crippen LogP contribution in [0.5, 0.6) is 5.75 Å². The molecule has 0 bridgehead atoms. The van der Waals surface area contributed by atoms with Crippen molar-refractivity contribution in [2.24, 2.45) is 0 Å². The fourth-order valence-electron chi connectivity index (χ4n) is 1.81. The molecule has 3 nitrogen and oxygen atoms in total. The second kappa shape index (κ2) is 6.77. The first kappa shape index (κ1) is 14.9. The predicted molar refractivity (Wildman–Crippen MR) is 85.0 cm³/mol. The maximum Gasteiger partial charge on any atom is 0.259 e. The lowest BCUT2D eigenvalue weighted by atomic mass is 10.1. The van der Waals surface area contributed by atoms with Gasteiger partial charge in [0.15, 0.2) is 0 Å². The van der Waals surface area contributed by atoms with E-state index in [1.54, 1.807) is 18.2 Å². The van der Waals surface area contributed by atoms with Gasteiger partial charge in [-0.15, -0.1) is 0 Å². The zero-order valence-corrected chi connectivity index (χ0v) is 13.2. The summed E-state index contributed by atoms with van der Waals surface area (Å²) in [6.07, 6.45) is 0. The van der Waals surface area contributed by atoms with Crippen LogP contribution in [-0.2, 0) is 5.33 Å². The molecule has 0 spiro atoms. The second-order valence-corrected chi connectivity index (χ2v) is 5.09. The molecule has 0 aliphatic carbocycles. The molecule has 1 amide bonds. The Balaban J connectivity index is 2.30. The molecule has 0 aliphatic rings. The summed E-state index contributed by atoms with van der Waals surface area (Å²) in [5.41, 5.74) is 2.17. The summed E-state index contributed by atoms with van der Waals surface area (Å²) >= 11 is 9.33. The van der Waals surface area contributed by atoms with Crippen molar-refractivity contribution in [2.75, 3.05) is 12.4 Å². The van der Waals surface area contributed by atoms with E-state index >= 15 is 0 Å². The van der Waals surface area contributed by atoms with Crippen LogP contribution in [0.1, 0.15) is 15.9 Å². The summed E-state index contributed by atoms with van der Waals surface area (Å²) in [6, 6.07) is 12.5. The Morgan fingerprint density at radius 2 is 2.05 bits per heavy atom. The number of rotatable bonds is 4. The third-order valence-corrected chi connectivity index (χ3v) is 3.65. The molecule has 2 aromatic rings. The molecule has 0 aliphatic heterocycles. The van der Waals surface area contributed by atoms with Crippen molar-refractivity contribution in [1.82, 2.24) is 0 Å². The first-order valence-corrected chi connectivity index (χ1v) is 7.44. The average molecular weight is 355 g/mol. The molecule has 0 fully saturated rings. The highest BCUT2D eigenvalue weighted by Crippen LogP contribution is 2.25. The summed E-state index contributed by atoms with van der Waals surface area (Å²) in [5, 5.41) is 4.03. The molecule has 2 rings (SSSR count). The number of methoxy groups -OCH3 is 1. The first-order chi connectivity index (χ1) is 9.65. The van der Waals surface area contributed by atoms with E-state index in [2.05, 4.69) is 21.2 Å². The zero-order valence-electron chi connectivity index (χ0n) is 10.8. The number of halogens is 2. The standard InChI is InChI=1S/C15H13BrClNO2/c1-20-14-7-6-11(17)8-12(14)15(19)18-13-5-3-2-4-10(13)9-16/h2-8H,9H2,1H3,(H,18,19). The first-order valence-electron chi connectivity index (χ1n) is 5.94. The number of nitrogens with one attached hydrogen (secondary N) is 1. The van der Waals surface area contributed by atoms with Crippen LogP contribution in [0.2, 0.25) is 5.02 Å². The maximum absolute atomic E-state index is 12.3. The average Bonchev–Trinajstić information content (AvgIpc) is 2.47. The van der Waals surface area contributed by atoms with Gasteiger partial charge in [0.1, 0.15) is 5.75 Å². The third kappa shape index (κ3) is 3.32. The van der Waals surface area contributed by atoms with Gasteiger partial charge in [0.05, 0.1) is 12.7 Å². The normalized spacial score (nSPS) is 10.2. The van der Waals surface area contributed by atoms with E-state index in [0.717, 1.165) is 11.3 Å². The number of benzene rings is 2. The van der Waals surface area contributed by atoms with Crippen molar-refractivity contribution >= 4 is 39.1 Å². The number of para-hydroxylation sites is 1. The van der Waals surface area contributed by atoms with Crippen molar-refractivity contribution in [3.63, 3.8) is 0 Å². The summed E-state index contributed by atoms with van der Waals surface area (Å²) in [6.45, 7) is 0.